The lowest BCUT2D eigenvalue weighted by Crippen LogP contribution is -2.46. The average Bonchev–Trinajstić information content (AvgIpc) is 3.34. The number of aliphatic hydroxyl groups is 1. The van der Waals surface area contributed by atoms with Gasteiger partial charge in [-0.1, -0.05) is 91.0 Å². The Hall–Kier alpha value is -4.95. The number of ether oxygens (including phenoxy) is 3. The minimum absolute atomic E-state index is 0.0341. The molecule has 1 aliphatic rings. The number of hydrogen-bond donors (Lipinski definition) is 2. The van der Waals surface area contributed by atoms with E-state index in [4.69, 9.17) is 14.2 Å². The van der Waals surface area contributed by atoms with E-state index in [1.165, 1.54) is 24.3 Å². The van der Waals surface area contributed by atoms with Gasteiger partial charge in [0.2, 0.25) is 0 Å². The summed E-state index contributed by atoms with van der Waals surface area (Å²) in [7, 11) is 0. The Morgan fingerprint density at radius 1 is 0.773 bits per heavy atom. The molecule has 0 saturated heterocycles. The van der Waals surface area contributed by atoms with Gasteiger partial charge in [-0.25, -0.2) is 14.4 Å². The summed E-state index contributed by atoms with van der Waals surface area (Å²) in [5, 5.41) is 13.8. The Balaban J connectivity index is 1.31. The summed E-state index contributed by atoms with van der Waals surface area (Å²) >= 11 is 0. The Labute approximate surface area is 256 Å². The van der Waals surface area contributed by atoms with Crippen LogP contribution in [0.3, 0.4) is 0 Å². The average molecular weight is 594 g/mol. The van der Waals surface area contributed by atoms with Crippen LogP contribution in [0.1, 0.15) is 65.4 Å². The predicted molar refractivity (Wildman–Crippen MR) is 165 cm³/mol. The highest BCUT2D eigenvalue weighted by molar-refractivity contribution is 5.90. The van der Waals surface area contributed by atoms with E-state index in [0.717, 1.165) is 27.8 Å². The van der Waals surface area contributed by atoms with Crippen LogP contribution >= 0.6 is 0 Å². The lowest BCUT2D eigenvalue weighted by Gasteiger charge is -2.24. The highest BCUT2D eigenvalue weighted by Crippen LogP contribution is 2.44. The van der Waals surface area contributed by atoms with Crippen LogP contribution in [0.15, 0.2) is 103 Å². The number of aliphatic hydroxyl groups excluding tert-OH is 1. The summed E-state index contributed by atoms with van der Waals surface area (Å²) in [6, 6.07) is 29.5. The summed E-state index contributed by atoms with van der Waals surface area (Å²) in [6.07, 6.45) is -2.37. The maximum atomic E-state index is 13.3. The number of hydrogen-bond acceptors (Lipinski definition) is 7. The second-order valence-corrected chi connectivity index (χ2v) is 11.6. The smallest absolute Gasteiger partial charge is 0.407 e. The quantitative estimate of drug-likeness (QED) is 0.172. The van der Waals surface area contributed by atoms with Crippen molar-refractivity contribution in [3.05, 3.63) is 131 Å². The predicted octanol–water partition coefficient (Wildman–Crippen LogP) is 6.33. The number of benzene rings is 4. The molecule has 0 saturated carbocycles. The molecule has 2 atom stereocenters. The van der Waals surface area contributed by atoms with Gasteiger partial charge in [-0.2, -0.15) is 0 Å². The topological polar surface area (TPSA) is 111 Å². The number of carbonyl (C=O) groups excluding carboxylic acids is 3. The number of carbonyl (C=O) groups is 3. The van der Waals surface area contributed by atoms with Crippen molar-refractivity contribution in [1.29, 1.82) is 0 Å². The molecule has 0 heterocycles. The molecule has 0 bridgehead atoms. The van der Waals surface area contributed by atoms with Gasteiger partial charge < -0.3 is 24.6 Å². The van der Waals surface area contributed by atoms with E-state index < -0.39 is 35.8 Å². The van der Waals surface area contributed by atoms with Crippen LogP contribution in [0.4, 0.5) is 4.79 Å². The Morgan fingerprint density at radius 3 is 1.93 bits per heavy atom. The molecule has 4 aromatic carbocycles. The Kier molecular flexibility index (Phi) is 9.11. The molecule has 0 radical (unpaired) electrons. The molecule has 44 heavy (non-hydrogen) atoms. The highest BCUT2D eigenvalue weighted by Gasteiger charge is 2.34. The molecule has 8 nitrogen and oxygen atoms in total. The third-order valence-electron chi connectivity index (χ3n) is 7.30. The van der Waals surface area contributed by atoms with Crippen molar-refractivity contribution in [3.8, 4) is 11.1 Å². The summed E-state index contributed by atoms with van der Waals surface area (Å²) in [5.74, 6) is -1.54. The molecule has 1 aliphatic carbocycles. The summed E-state index contributed by atoms with van der Waals surface area (Å²) in [6.45, 7) is 5.29. The molecular weight excluding hydrogens is 558 g/mol. The van der Waals surface area contributed by atoms with E-state index in [1.807, 2.05) is 66.7 Å². The van der Waals surface area contributed by atoms with Crippen LogP contribution in [-0.4, -0.2) is 41.4 Å². The van der Waals surface area contributed by atoms with Crippen molar-refractivity contribution in [2.45, 2.75) is 51.0 Å². The van der Waals surface area contributed by atoms with E-state index in [9.17, 15) is 19.5 Å². The lowest BCUT2D eigenvalue weighted by molar-refractivity contribution is -0.150. The molecule has 8 heteroatoms. The minimum Gasteiger partial charge on any atom is -0.459 e. The standard InChI is InChI=1S/C36H35NO7/c1-36(2,3)44-33(39)25-19-17-24(18-20-25)32(38)31(34(40)42-21-23-11-5-4-6-12-23)37-35(41)43-22-30-28-15-9-7-13-26(28)27-14-8-10-16-29(27)30/h4-20,30-32,38H,21-22H2,1-3H3,(H,37,41)/t31-,32+/m0/s1. The Bertz CT molecular complexity index is 1580. The van der Waals surface area contributed by atoms with E-state index in [-0.39, 0.29) is 30.3 Å². The first kappa shape index (κ1) is 30.5. The number of rotatable bonds is 9. The molecule has 0 fully saturated rings. The molecule has 0 aromatic heterocycles. The van der Waals surface area contributed by atoms with E-state index in [0.29, 0.717) is 0 Å². The first-order valence-corrected chi connectivity index (χ1v) is 14.4. The van der Waals surface area contributed by atoms with Gasteiger partial charge in [-0.15, -0.1) is 0 Å². The zero-order chi connectivity index (χ0) is 31.3. The molecular formula is C36H35NO7. The maximum absolute atomic E-state index is 13.3. The van der Waals surface area contributed by atoms with Crippen LogP contribution in [0.5, 0.6) is 0 Å². The SMILES string of the molecule is CC(C)(C)OC(=O)c1ccc([C@@H](O)[C@H](NC(=O)OCC2c3ccccc3-c3ccccc32)C(=O)OCc2ccccc2)cc1. The van der Waals surface area contributed by atoms with Crippen molar-refractivity contribution in [1.82, 2.24) is 5.32 Å². The highest BCUT2D eigenvalue weighted by atomic mass is 16.6. The van der Waals surface area contributed by atoms with Gasteiger partial charge in [0, 0.05) is 5.92 Å². The van der Waals surface area contributed by atoms with Crippen molar-refractivity contribution in [2.24, 2.45) is 0 Å². The van der Waals surface area contributed by atoms with Crippen LogP contribution in [0, 0.1) is 0 Å². The molecule has 1 amide bonds. The number of nitrogens with one attached hydrogen (secondary N) is 1. The summed E-state index contributed by atoms with van der Waals surface area (Å²) in [4.78, 5) is 38.8. The second-order valence-electron chi connectivity index (χ2n) is 11.6. The molecule has 4 aromatic rings. The fourth-order valence-corrected chi connectivity index (χ4v) is 5.20. The van der Waals surface area contributed by atoms with Crippen LogP contribution in [0.2, 0.25) is 0 Å². The third kappa shape index (κ3) is 7.15. The molecule has 0 aliphatic heterocycles. The fourth-order valence-electron chi connectivity index (χ4n) is 5.20. The molecule has 226 valence electrons. The van der Waals surface area contributed by atoms with E-state index >= 15 is 0 Å². The van der Waals surface area contributed by atoms with Gasteiger partial charge >= 0.3 is 18.0 Å². The van der Waals surface area contributed by atoms with Crippen molar-refractivity contribution < 1.29 is 33.7 Å². The first-order valence-electron chi connectivity index (χ1n) is 14.4. The van der Waals surface area contributed by atoms with Gasteiger partial charge in [-0.05, 0) is 66.3 Å². The molecule has 0 spiro atoms. The number of fused-ring (bicyclic) bond motifs is 3. The van der Waals surface area contributed by atoms with Crippen molar-refractivity contribution in [3.63, 3.8) is 0 Å². The third-order valence-corrected chi connectivity index (χ3v) is 7.30. The van der Waals surface area contributed by atoms with Crippen LogP contribution in [-0.2, 0) is 25.6 Å². The molecule has 2 N–H and O–H groups in total. The zero-order valence-corrected chi connectivity index (χ0v) is 24.9. The number of alkyl carbamates (subject to hydrolysis) is 1. The maximum Gasteiger partial charge on any atom is 0.407 e. The monoisotopic (exact) mass is 593 g/mol. The van der Waals surface area contributed by atoms with Crippen LogP contribution in [0.25, 0.3) is 11.1 Å². The zero-order valence-electron chi connectivity index (χ0n) is 24.9. The van der Waals surface area contributed by atoms with Gasteiger partial charge in [0.05, 0.1) is 5.56 Å². The molecule has 0 unspecified atom stereocenters. The number of amides is 1. The van der Waals surface area contributed by atoms with E-state index in [2.05, 4.69) is 5.32 Å². The van der Waals surface area contributed by atoms with Crippen molar-refractivity contribution in [2.75, 3.05) is 6.61 Å². The van der Waals surface area contributed by atoms with Crippen LogP contribution < -0.4 is 5.32 Å². The van der Waals surface area contributed by atoms with Gasteiger partial charge in [0.15, 0.2) is 6.04 Å². The van der Waals surface area contributed by atoms with Crippen molar-refractivity contribution >= 4 is 18.0 Å². The van der Waals surface area contributed by atoms with E-state index in [1.54, 1.807) is 32.9 Å². The first-order chi connectivity index (χ1) is 21.1. The lowest BCUT2D eigenvalue weighted by atomic mass is 9.98. The largest absolute Gasteiger partial charge is 0.459 e. The van der Waals surface area contributed by atoms with Gasteiger partial charge in [0.25, 0.3) is 0 Å². The Morgan fingerprint density at radius 2 is 1.34 bits per heavy atom. The second kappa shape index (κ2) is 13.1. The molecule has 5 rings (SSSR count). The van der Waals surface area contributed by atoms with Gasteiger partial charge in [-0.3, -0.25) is 0 Å². The number of esters is 2. The summed E-state index contributed by atoms with van der Waals surface area (Å²) in [5.41, 5.74) is 4.92. The normalized spacial score (nSPS) is 13.6. The van der Waals surface area contributed by atoms with Gasteiger partial charge in [0.1, 0.15) is 24.9 Å². The fraction of sp³-hybridized carbons (Fsp3) is 0.250. The minimum atomic E-state index is -1.49. The summed E-state index contributed by atoms with van der Waals surface area (Å²) < 4.78 is 16.5.